The molecule has 3 N–H and O–H groups in total. The monoisotopic (exact) mass is 327 g/mol. The van der Waals surface area contributed by atoms with Gasteiger partial charge in [-0.3, -0.25) is 4.79 Å². The van der Waals surface area contributed by atoms with Gasteiger partial charge < -0.3 is 15.1 Å². The number of anilines is 1. The SMILES string of the molecule is CC[NH+]1CC[NH+](CC(=O)Nc2cccc(Br)c2)CC1. The van der Waals surface area contributed by atoms with E-state index < -0.39 is 0 Å². The predicted octanol–water partition coefficient (Wildman–Crippen LogP) is -0.809. The Labute approximate surface area is 122 Å². The molecule has 1 aliphatic heterocycles. The molecule has 0 aliphatic carbocycles. The lowest BCUT2D eigenvalue weighted by Crippen LogP contribution is -3.28. The van der Waals surface area contributed by atoms with Crippen molar-refractivity contribution in [3.05, 3.63) is 28.7 Å². The van der Waals surface area contributed by atoms with E-state index in [1.807, 2.05) is 24.3 Å². The van der Waals surface area contributed by atoms with Gasteiger partial charge >= 0.3 is 0 Å². The van der Waals surface area contributed by atoms with E-state index in [1.165, 1.54) is 24.5 Å². The number of benzene rings is 1. The first-order valence-corrected chi connectivity index (χ1v) is 7.69. The topological polar surface area (TPSA) is 38.0 Å². The molecule has 1 aromatic rings. The van der Waals surface area contributed by atoms with Crippen LogP contribution in [0.2, 0.25) is 0 Å². The zero-order chi connectivity index (χ0) is 13.7. The van der Waals surface area contributed by atoms with Crippen molar-refractivity contribution >= 4 is 27.5 Å². The minimum absolute atomic E-state index is 0.105. The summed E-state index contributed by atoms with van der Waals surface area (Å²) in [6, 6.07) is 7.72. The highest BCUT2D eigenvalue weighted by Gasteiger charge is 2.23. The minimum Gasteiger partial charge on any atom is -0.326 e. The van der Waals surface area contributed by atoms with Gasteiger partial charge in [-0.05, 0) is 25.1 Å². The van der Waals surface area contributed by atoms with Crippen molar-refractivity contribution in [1.29, 1.82) is 0 Å². The van der Waals surface area contributed by atoms with Gasteiger partial charge in [0.15, 0.2) is 6.54 Å². The number of piperazine rings is 1. The Kier molecular flexibility index (Phi) is 5.36. The molecule has 5 heteroatoms. The zero-order valence-corrected chi connectivity index (χ0v) is 12.9. The van der Waals surface area contributed by atoms with Crippen LogP contribution in [0.4, 0.5) is 5.69 Å². The molecule has 19 heavy (non-hydrogen) atoms. The van der Waals surface area contributed by atoms with Gasteiger partial charge in [0, 0.05) is 10.2 Å². The lowest BCUT2D eigenvalue weighted by molar-refractivity contribution is -1.01. The summed E-state index contributed by atoms with van der Waals surface area (Å²) in [6.07, 6.45) is 0. The Bertz CT molecular complexity index is 430. The van der Waals surface area contributed by atoms with Crippen molar-refractivity contribution in [1.82, 2.24) is 0 Å². The summed E-state index contributed by atoms with van der Waals surface area (Å²) in [5.74, 6) is 0.105. The van der Waals surface area contributed by atoms with Crippen LogP contribution in [-0.2, 0) is 4.79 Å². The Hall–Kier alpha value is -0.910. The molecule has 2 rings (SSSR count). The fraction of sp³-hybridized carbons (Fsp3) is 0.500. The molecule has 1 aliphatic rings. The van der Waals surface area contributed by atoms with Crippen LogP contribution >= 0.6 is 15.9 Å². The van der Waals surface area contributed by atoms with Crippen LogP contribution in [0.3, 0.4) is 0 Å². The van der Waals surface area contributed by atoms with Crippen molar-refractivity contribution in [3.63, 3.8) is 0 Å². The number of hydrogen-bond acceptors (Lipinski definition) is 1. The Morgan fingerprint density at radius 2 is 1.95 bits per heavy atom. The maximum absolute atomic E-state index is 12.0. The van der Waals surface area contributed by atoms with Gasteiger partial charge in [0.05, 0.1) is 6.54 Å². The normalized spacial score (nSPS) is 23.1. The molecule has 1 heterocycles. The van der Waals surface area contributed by atoms with E-state index in [2.05, 4.69) is 28.2 Å². The molecule has 104 valence electrons. The van der Waals surface area contributed by atoms with Crippen molar-refractivity contribution in [2.24, 2.45) is 0 Å². The second-order valence-electron chi connectivity index (χ2n) is 5.09. The van der Waals surface area contributed by atoms with Crippen molar-refractivity contribution in [2.45, 2.75) is 6.92 Å². The first-order valence-electron chi connectivity index (χ1n) is 6.90. The van der Waals surface area contributed by atoms with Gasteiger partial charge in [-0.1, -0.05) is 22.0 Å². The second-order valence-corrected chi connectivity index (χ2v) is 6.00. The van der Waals surface area contributed by atoms with Gasteiger partial charge in [0.2, 0.25) is 0 Å². The van der Waals surface area contributed by atoms with Crippen LogP contribution in [0.1, 0.15) is 6.92 Å². The molecule has 0 unspecified atom stereocenters. The maximum atomic E-state index is 12.0. The van der Waals surface area contributed by atoms with Gasteiger partial charge in [-0.15, -0.1) is 0 Å². The molecule has 0 saturated carbocycles. The fourth-order valence-electron chi connectivity index (χ4n) is 2.49. The average Bonchev–Trinajstić information content (AvgIpc) is 2.39. The van der Waals surface area contributed by atoms with Gasteiger partial charge in [0.25, 0.3) is 5.91 Å². The quantitative estimate of drug-likeness (QED) is 0.665. The summed E-state index contributed by atoms with van der Waals surface area (Å²) in [5, 5.41) is 2.96. The summed E-state index contributed by atoms with van der Waals surface area (Å²) >= 11 is 3.41. The van der Waals surface area contributed by atoms with E-state index in [0.717, 1.165) is 23.2 Å². The van der Waals surface area contributed by atoms with E-state index >= 15 is 0 Å². The summed E-state index contributed by atoms with van der Waals surface area (Å²) < 4.78 is 0.984. The van der Waals surface area contributed by atoms with E-state index in [4.69, 9.17) is 0 Å². The highest BCUT2D eigenvalue weighted by molar-refractivity contribution is 9.10. The van der Waals surface area contributed by atoms with Gasteiger partial charge in [-0.25, -0.2) is 0 Å². The fourth-order valence-corrected chi connectivity index (χ4v) is 2.89. The van der Waals surface area contributed by atoms with Crippen molar-refractivity contribution in [2.75, 3.05) is 44.6 Å². The third-order valence-electron chi connectivity index (χ3n) is 3.68. The first kappa shape index (κ1) is 14.5. The molecule has 1 amide bonds. The summed E-state index contributed by atoms with van der Waals surface area (Å²) in [4.78, 5) is 15.0. The molecular weight excluding hydrogens is 306 g/mol. The summed E-state index contributed by atoms with van der Waals surface area (Å²) in [7, 11) is 0. The maximum Gasteiger partial charge on any atom is 0.279 e. The smallest absolute Gasteiger partial charge is 0.279 e. The Balaban J connectivity index is 1.79. The zero-order valence-electron chi connectivity index (χ0n) is 11.3. The van der Waals surface area contributed by atoms with Crippen LogP contribution in [0.5, 0.6) is 0 Å². The lowest BCUT2D eigenvalue weighted by atomic mass is 10.3. The number of nitrogens with one attached hydrogen (secondary N) is 3. The third kappa shape index (κ3) is 4.60. The number of hydrogen-bond donors (Lipinski definition) is 3. The molecule has 0 spiro atoms. The number of amides is 1. The van der Waals surface area contributed by atoms with Crippen LogP contribution in [0.15, 0.2) is 28.7 Å². The molecule has 4 nitrogen and oxygen atoms in total. The van der Waals surface area contributed by atoms with Gasteiger partial charge in [0.1, 0.15) is 26.2 Å². The van der Waals surface area contributed by atoms with Crippen LogP contribution in [-0.4, -0.2) is 45.2 Å². The Morgan fingerprint density at radius 1 is 1.26 bits per heavy atom. The van der Waals surface area contributed by atoms with Crippen LogP contribution < -0.4 is 15.1 Å². The highest BCUT2D eigenvalue weighted by Crippen LogP contribution is 2.15. The first-order chi connectivity index (χ1) is 9.17. The molecule has 0 bridgehead atoms. The second kappa shape index (κ2) is 7.03. The molecule has 1 aromatic carbocycles. The molecular formula is C14H22BrN3O+2. The molecule has 0 atom stereocenters. The summed E-state index contributed by atoms with van der Waals surface area (Å²) in [6.45, 7) is 8.53. The molecule has 1 saturated heterocycles. The lowest BCUT2D eigenvalue weighted by Gasteiger charge is -2.28. The number of rotatable bonds is 4. The van der Waals surface area contributed by atoms with Gasteiger partial charge in [-0.2, -0.15) is 0 Å². The minimum atomic E-state index is 0.105. The van der Waals surface area contributed by atoms with E-state index in [1.54, 1.807) is 4.90 Å². The number of carbonyl (C=O) groups is 1. The largest absolute Gasteiger partial charge is 0.326 e. The average molecular weight is 328 g/mol. The van der Waals surface area contributed by atoms with Crippen molar-refractivity contribution < 1.29 is 14.6 Å². The standard InChI is InChI=1S/C14H20BrN3O/c1-2-17-6-8-18(9-7-17)11-14(19)16-13-5-3-4-12(15)10-13/h3-5,10H,2,6-9,11H2,1H3,(H,16,19)/p+2. The highest BCUT2D eigenvalue weighted by atomic mass is 79.9. The predicted molar refractivity (Wildman–Crippen MR) is 79.6 cm³/mol. The van der Waals surface area contributed by atoms with E-state index in [9.17, 15) is 4.79 Å². The van der Waals surface area contributed by atoms with E-state index in [-0.39, 0.29) is 5.91 Å². The van der Waals surface area contributed by atoms with Crippen LogP contribution in [0, 0.1) is 0 Å². The Morgan fingerprint density at radius 3 is 2.58 bits per heavy atom. The number of quaternary nitrogens is 2. The van der Waals surface area contributed by atoms with Crippen LogP contribution in [0.25, 0.3) is 0 Å². The number of carbonyl (C=O) groups excluding carboxylic acids is 1. The molecule has 0 radical (unpaired) electrons. The van der Waals surface area contributed by atoms with E-state index in [0.29, 0.717) is 6.54 Å². The number of halogens is 1. The molecule has 1 fully saturated rings. The number of likely N-dealkylation sites (N-methyl/N-ethyl adjacent to an activating group) is 1. The molecule has 0 aromatic heterocycles. The third-order valence-corrected chi connectivity index (χ3v) is 4.18. The summed E-state index contributed by atoms with van der Waals surface area (Å²) in [5.41, 5.74) is 0.858. The van der Waals surface area contributed by atoms with Crippen molar-refractivity contribution in [3.8, 4) is 0 Å².